The molecule has 1 N–H and O–H groups in total. The van der Waals surface area contributed by atoms with Crippen LogP contribution in [0, 0.1) is 0 Å². The van der Waals surface area contributed by atoms with Gasteiger partial charge in [0.1, 0.15) is 17.8 Å². The highest BCUT2D eigenvalue weighted by Crippen LogP contribution is 2.41. The summed E-state index contributed by atoms with van der Waals surface area (Å²) in [5.41, 5.74) is 2.72. The Kier molecular flexibility index (Phi) is 4.27. The number of urea groups is 1. The van der Waals surface area contributed by atoms with E-state index in [9.17, 15) is 14.4 Å². The fourth-order valence-electron chi connectivity index (χ4n) is 4.91. The molecule has 154 valence electrons. The molecule has 2 aliphatic heterocycles. The van der Waals surface area contributed by atoms with Crippen molar-refractivity contribution in [3.8, 4) is 5.75 Å². The standard InChI is InChI=1S/C23H23N3O4/c1-30-17-8-9-19-16(13-17)6-4-12-25(19)20(27)14-26-21(28)23(24-22(26)29)11-10-15-5-2-3-7-18(15)23/h2-3,5,7-9,13H,4,6,10-12,14H2,1H3,(H,24,29)/t23-/m1/s1. The minimum atomic E-state index is -1.04. The molecule has 0 radical (unpaired) electrons. The van der Waals surface area contributed by atoms with Gasteiger partial charge in [0.2, 0.25) is 5.91 Å². The van der Waals surface area contributed by atoms with Crippen LogP contribution in [0.25, 0.3) is 0 Å². The minimum Gasteiger partial charge on any atom is -0.497 e. The monoisotopic (exact) mass is 405 g/mol. The molecule has 5 rings (SSSR count). The number of hydrogen-bond acceptors (Lipinski definition) is 4. The zero-order chi connectivity index (χ0) is 20.9. The van der Waals surface area contributed by atoms with Crippen LogP contribution in [0.5, 0.6) is 5.75 Å². The Morgan fingerprint density at radius 3 is 2.80 bits per heavy atom. The van der Waals surface area contributed by atoms with Crippen LogP contribution in [0.1, 0.15) is 29.5 Å². The third-order valence-electron chi connectivity index (χ3n) is 6.42. The number of hydrogen-bond donors (Lipinski definition) is 1. The quantitative estimate of drug-likeness (QED) is 0.796. The molecule has 2 heterocycles. The third kappa shape index (κ3) is 2.69. The highest BCUT2D eigenvalue weighted by atomic mass is 16.5. The molecule has 1 aliphatic carbocycles. The molecule has 3 aliphatic rings. The van der Waals surface area contributed by atoms with Gasteiger partial charge in [-0.25, -0.2) is 4.79 Å². The molecule has 7 nitrogen and oxygen atoms in total. The van der Waals surface area contributed by atoms with Gasteiger partial charge in [0.15, 0.2) is 0 Å². The summed E-state index contributed by atoms with van der Waals surface area (Å²) in [5.74, 6) is 0.157. The fraction of sp³-hybridized carbons (Fsp3) is 0.348. The average molecular weight is 405 g/mol. The third-order valence-corrected chi connectivity index (χ3v) is 6.42. The highest BCUT2D eigenvalue weighted by molar-refractivity contribution is 6.11. The van der Waals surface area contributed by atoms with Gasteiger partial charge in [-0.05, 0) is 60.6 Å². The summed E-state index contributed by atoms with van der Waals surface area (Å²) in [6, 6.07) is 12.8. The van der Waals surface area contributed by atoms with Crippen molar-refractivity contribution in [3.63, 3.8) is 0 Å². The number of carbonyl (C=O) groups excluding carboxylic acids is 3. The lowest BCUT2D eigenvalue weighted by molar-refractivity contribution is -0.134. The number of rotatable bonds is 3. The van der Waals surface area contributed by atoms with Gasteiger partial charge < -0.3 is 15.0 Å². The maximum absolute atomic E-state index is 13.3. The Balaban J connectivity index is 1.39. The Bertz CT molecular complexity index is 1070. The number of methoxy groups -OCH3 is 1. The number of fused-ring (bicyclic) bond motifs is 3. The van der Waals surface area contributed by atoms with E-state index in [1.807, 2.05) is 42.5 Å². The zero-order valence-corrected chi connectivity index (χ0v) is 16.8. The molecular weight excluding hydrogens is 382 g/mol. The number of carbonyl (C=O) groups is 3. The number of imide groups is 1. The molecule has 4 amide bonds. The van der Waals surface area contributed by atoms with Gasteiger partial charge in [0.05, 0.1) is 7.11 Å². The first-order valence-corrected chi connectivity index (χ1v) is 10.2. The van der Waals surface area contributed by atoms with E-state index in [0.717, 1.165) is 52.3 Å². The Labute approximate surface area is 174 Å². The van der Waals surface area contributed by atoms with Crippen molar-refractivity contribution in [1.82, 2.24) is 10.2 Å². The first kappa shape index (κ1) is 18.7. The van der Waals surface area contributed by atoms with Crippen LogP contribution < -0.4 is 15.0 Å². The van der Waals surface area contributed by atoms with Gasteiger partial charge in [-0.1, -0.05) is 24.3 Å². The van der Waals surface area contributed by atoms with Crippen molar-refractivity contribution in [3.05, 3.63) is 59.2 Å². The number of nitrogens with one attached hydrogen (secondary N) is 1. The molecule has 1 spiro atoms. The number of nitrogens with zero attached hydrogens (tertiary/aromatic N) is 2. The fourth-order valence-corrected chi connectivity index (χ4v) is 4.91. The number of anilines is 1. The summed E-state index contributed by atoms with van der Waals surface area (Å²) in [5, 5.41) is 2.88. The van der Waals surface area contributed by atoms with Crippen LogP contribution in [-0.2, 0) is 28.0 Å². The zero-order valence-electron chi connectivity index (χ0n) is 16.8. The van der Waals surface area contributed by atoms with E-state index in [0.29, 0.717) is 13.0 Å². The van der Waals surface area contributed by atoms with Gasteiger partial charge in [-0.15, -0.1) is 0 Å². The van der Waals surface area contributed by atoms with E-state index < -0.39 is 11.6 Å². The SMILES string of the molecule is COc1ccc2c(c1)CCCN2C(=O)CN1C(=O)N[C@@]2(CCc3ccccc32)C1=O. The van der Waals surface area contributed by atoms with Gasteiger partial charge >= 0.3 is 6.03 Å². The summed E-state index contributed by atoms with van der Waals surface area (Å²) < 4.78 is 5.28. The molecule has 0 unspecified atom stereocenters. The van der Waals surface area contributed by atoms with Crippen molar-refractivity contribution < 1.29 is 19.1 Å². The predicted octanol–water partition coefficient (Wildman–Crippen LogP) is 2.37. The molecule has 7 heteroatoms. The largest absolute Gasteiger partial charge is 0.497 e. The highest BCUT2D eigenvalue weighted by Gasteiger charge is 2.55. The van der Waals surface area contributed by atoms with Gasteiger partial charge in [0, 0.05) is 12.2 Å². The molecule has 0 aromatic heterocycles. The second-order valence-electron chi connectivity index (χ2n) is 8.03. The molecule has 0 bridgehead atoms. The van der Waals surface area contributed by atoms with Crippen LogP contribution in [0.2, 0.25) is 0 Å². The Hall–Kier alpha value is -3.35. The Morgan fingerprint density at radius 1 is 1.13 bits per heavy atom. The molecule has 2 aromatic rings. The van der Waals surface area contributed by atoms with Crippen molar-refractivity contribution >= 4 is 23.5 Å². The molecule has 0 saturated carbocycles. The first-order chi connectivity index (χ1) is 14.5. The first-order valence-electron chi connectivity index (χ1n) is 10.2. The molecule has 1 fully saturated rings. The van der Waals surface area contributed by atoms with Gasteiger partial charge in [0.25, 0.3) is 5.91 Å². The van der Waals surface area contributed by atoms with E-state index in [-0.39, 0.29) is 18.4 Å². The molecular formula is C23H23N3O4. The number of amides is 4. The van der Waals surface area contributed by atoms with Gasteiger partial charge in [-0.3, -0.25) is 14.5 Å². The van der Waals surface area contributed by atoms with E-state index in [1.165, 1.54) is 0 Å². The van der Waals surface area contributed by atoms with E-state index in [1.54, 1.807) is 12.0 Å². The summed E-state index contributed by atoms with van der Waals surface area (Å²) in [6.07, 6.45) is 2.93. The predicted molar refractivity (Wildman–Crippen MR) is 110 cm³/mol. The summed E-state index contributed by atoms with van der Waals surface area (Å²) in [4.78, 5) is 41.9. The van der Waals surface area contributed by atoms with E-state index in [2.05, 4.69) is 5.32 Å². The molecule has 1 saturated heterocycles. The summed E-state index contributed by atoms with van der Waals surface area (Å²) in [6.45, 7) is 0.301. The summed E-state index contributed by atoms with van der Waals surface area (Å²) >= 11 is 0. The lowest BCUT2D eigenvalue weighted by Gasteiger charge is -2.31. The Morgan fingerprint density at radius 2 is 1.97 bits per heavy atom. The van der Waals surface area contributed by atoms with Crippen LogP contribution in [0.15, 0.2) is 42.5 Å². The second-order valence-corrected chi connectivity index (χ2v) is 8.03. The number of aryl methyl sites for hydroxylation is 2. The molecule has 1 atom stereocenters. The maximum Gasteiger partial charge on any atom is 0.325 e. The maximum atomic E-state index is 13.3. The van der Waals surface area contributed by atoms with Crippen molar-refractivity contribution in [2.24, 2.45) is 0 Å². The summed E-state index contributed by atoms with van der Waals surface area (Å²) in [7, 11) is 1.61. The lowest BCUT2D eigenvalue weighted by atomic mass is 9.92. The van der Waals surface area contributed by atoms with E-state index >= 15 is 0 Å². The van der Waals surface area contributed by atoms with E-state index in [4.69, 9.17) is 4.74 Å². The van der Waals surface area contributed by atoms with Crippen LogP contribution >= 0.6 is 0 Å². The van der Waals surface area contributed by atoms with Crippen molar-refractivity contribution in [2.45, 2.75) is 31.2 Å². The second kappa shape index (κ2) is 6.86. The average Bonchev–Trinajstić information content (AvgIpc) is 3.26. The normalized spacial score (nSPS) is 22.2. The lowest BCUT2D eigenvalue weighted by Crippen LogP contribution is -2.46. The van der Waals surface area contributed by atoms with Crippen molar-refractivity contribution in [1.29, 1.82) is 0 Å². The van der Waals surface area contributed by atoms with Crippen molar-refractivity contribution in [2.75, 3.05) is 25.1 Å². The topological polar surface area (TPSA) is 79.0 Å². The molecule has 30 heavy (non-hydrogen) atoms. The van der Waals surface area contributed by atoms with Crippen LogP contribution in [0.4, 0.5) is 10.5 Å². The minimum absolute atomic E-state index is 0.257. The number of ether oxygens (including phenoxy) is 1. The van der Waals surface area contributed by atoms with Crippen LogP contribution in [0.3, 0.4) is 0 Å². The molecule has 2 aromatic carbocycles. The number of benzene rings is 2. The van der Waals surface area contributed by atoms with Crippen LogP contribution in [-0.4, -0.2) is 42.9 Å². The smallest absolute Gasteiger partial charge is 0.325 e. The van der Waals surface area contributed by atoms with Gasteiger partial charge in [-0.2, -0.15) is 0 Å².